The smallest absolute Gasteiger partial charge is 0.408 e. The zero-order valence-corrected chi connectivity index (χ0v) is 14.3. The minimum atomic E-state index is -1.32. The van der Waals surface area contributed by atoms with Crippen molar-refractivity contribution >= 4 is 17.9 Å². The van der Waals surface area contributed by atoms with Crippen molar-refractivity contribution in [3.63, 3.8) is 0 Å². The van der Waals surface area contributed by atoms with E-state index in [1.54, 1.807) is 31.2 Å². The number of alkyl carbamates (subject to hydrolysis) is 1. The molecule has 0 fully saturated rings. The van der Waals surface area contributed by atoms with Gasteiger partial charge in [-0.25, -0.2) is 4.79 Å². The van der Waals surface area contributed by atoms with Crippen LogP contribution >= 0.6 is 0 Å². The Balaban J connectivity index is 2.57. The third-order valence-electron chi connectivity index (χ3n) is 3.47. The van der Waals surface area contributed by atoms with Crippen LogP contribution in [0, 0.1) is 17.2 Å². The number of hydrogen-bond donors (Lipinski definition) is 4. The van der Waals surface area contributed by atoms with E-state index in [0.717, 1.165) is 5.56 Å². The second-order valence-electron chi connectivity index (χ2n) is 5.67. The third-order valence-corrected chi connectivity index (χ3v) is 3.47. The second-order valence-corrected chi connectivity index (χ2v) is 5.67. The Morgan fingerprint density at radius 2 is 1.88 bits per heavy atom. The lowest BCUT2D eigenvalue weighted by atomic mass is 10.0. The van der Waals surface area contributed by atoms with Gasteiger partial charge < -0.3 is 26.2 Å². The Morgan fingerprint density at radius 1 is 1.23 bits per heavy atom. The maximum Gasteiger partial charge on any atom is 0.408 e. The molecule has 0 saturated heterocycles. The lowest BCUT2D eigenvalue weighted by molar-refractivity contribution is -0.129. The van der Waals surface area contributed by atoms with E-state index in [4.69, 9.17) is 15.7 Å². The van der Waals surface area contributed by atoms with Gasteiger partial charge in [0.2, 0.25) is 11.8 Å². The average Bonchev–Trinajstić information content (AvgIpc) is 2.64. The Hall–Kier alpha value is -3.12. The highest BCUT2D eigenvalue weighted by atomic mass is 16.5. The molecule has 1 aromatic carbocycles. The van der Waals surface area contributed by atoms with E-state index in [9.17, 15) is 19.5 Å². The van der Waals surface area contributed by atoms with Crippen molar-refractivity contribution < 1.29 is 24.2 Å². The maximum atomic E-state index is 12.1. The number of nitrogens with two attached hydrogens (primary N) is 1. The number of aliphatic hydroxyl groups excluding tert-OH is 1. The van der Waals surface area contributed by atoms with Crippen LogP contribution < -0.4 is 16.4 Å². The number of hydrogen-bond acceptors (Lipinski definition) is 6. The zero-order valence-electron chi connectivity index (χ0n) is 14.3. The molecule has 26 heavy (non-hydrogen) atoms. The van der Waals surface area contributed by atoms with Gasteiger partial charge in [-0.3, -0.25) is 9.59 Å². The predicted octanol–water partition coefficient (Wildman–Crippen LogP) is -0.206. The van der Waals surface area contributed by atoms with E-state index in [0.29, 0.717) is 0 Å². The van der Waals surface area contributed by atoms with Crippen molar-refractivity contribution in [1.29, 1.82) is 5.26 Å². The van der Waals surface area contributed by atoms with E-state index < -0.39 is 42.5 Å². The first-order chi connectivity index (χ1) is 12.4. The summed E-state index contributed by atoms with van der Waals surface area (Å²) in [6.45, 7) is 0.867. The number of ether oxygens (including phenoxy) is 1. The van der Waals surface area contributed by atoms with Crippen molar-refractivity contribution in [2.75, 3.05) is 6.61 Å². The largest absolute Gasteiger partial charge is 0.445 e. The summed E-state index contributed by atoms with van der Waals surface area (Å²) in [6, 6.07) is 8.43. The summed E-state index contributed by atoms with van der Waals surface area (Å²) >= 11 is 0. The number of aliphatic hydroxyl groups is 1. The fourth-order valence-electron chi connectivity index (χ4n) is 2.03. The summed E-state index contributed by atoms with van der Waals surface area (Å²) in [5.41, 5.74) is 5.96. The van der Waals surface area contributed by atoms with Crippen LogP contribution in [-0.2, 0) is 20.9 Å². The van der Waals surface area contributed by atoms with Gasteiger partial charge >= 0.3 is 6.09 Å². The highest BCUT2D eigenvalue weighted by Gasteiger charge is 2.26. The molecule has 0 aliphatic carbocycles. The zero-order chi connectivity index (χ0) is 19.5. The van der Waals surface area contributed by atoms with E-state index in [1.807, 2.05) is 12.1 Å². The number of amides is 3. The number of carbonyl (C=O) groups excluding carboxylic acids is 3. The monoisotopic (exact) mass is 362 g/mol. The van der Waals surface area contributed by atoms with Gasteiger partial charge in [0.1, 0.15) is 18.7 Å². The lowest BCUT2D eigenvalue weighted by Gasteiger charge is -2.21. The molecule has 0 spiro atoms. The maximum absolute atomic E-state index is 12.1. The molecule has 1 aromatic rings. The third kappa shape index (κ3) is 7.19. The van der Waals surface area contributed by atoms with E-state index in [2.05, 4.69) is 10.6 Å². The SMILES string of the molecule is C[C@@H](C#N)C[C@@H](NC(=O)[C@H](CO)NC(=O)OCc1ccccc1)C(N)=O. The van der Waals surface area contributed by atoms with Gasteiger partial charge in [0.05, 0.1) is 12.7 Å². The Bertz CT molecular complexity index is 659. The van der Waals surface area contributed by atoms with Crippen LogP contribution in [0.15, 0.2) is 30.3 Å². The van der Waals surface area contributed by atoms with Crippen molar-refractivity contribution in [3.8, 4) is 6.07 Å². The molecule has 1 rings (SSSR count). The predicted molar refractivity (Wildman–Crippen MR) is 91.2 cm³/mol. The minimum Gasteiger partial charge on any atom is -0.445 e. The van der Waals surface area contributed by atoms with Gasteiger partial charge in [0.15, 0.2) is 0 Å². The number of nitriles is 1. The highest BCUT2D eigenvalue weighted by Crippen LogP contribution is 2.05. The van der Waals surface area contributed by atoms with Crippen LogP contribution in [-0.4, -0.2) is 41.7 Å². The summed E-state index contributed by atoms with van der Waals surface area (Å²) in [6.07, 6.45) is -0.877. The number of primary amides is 1. The molecule has 0 saturated carbocycles. The number of nitrogens with zero attached hydrogens (tertiary/aromatic N) is 1. The van der Waals surface area contributed by atoms with Gasteiger partial charge in [-0.1, -0.05) is 30.3 Å². The molecule has 0 unspecified atom stereocenters. The molecule has 9 nitrogen and oxygen atoms in total. The molecule has 9 heteroatoms. The molecular formula is C17H22N4O5. The van der Waals surface area contributed by atoms with E-state index in [1.165, 1.54) is 0 Å². The number of benzene rings is 1. The standard InChI is InChI=1S/C17H22N4O5/c1-11(8-18)7-13(15(19)23)20-16(24)14(9-22)21-17(25)26-10-12-5-3-2-4-6-12/h2-6,11,13-14,22H,7,9-10H2,1H3,(H2,19,23)(H,20,24)(H,21,25)/t11-,13-,14+/m1/s1. The molecule has 3 atom stereocenters. The number of carbonyl (C=O) groups is 3. The van der Waals surface area contributed by atoms with Gasteiger partial charge in [-0.15, -0.1) is 0 Å². The topological polar surface area (TPSA) is 155 Å². The molecule has 0 bridgehead atoms. The fraction of sp³-hybridized carbons (Fsp3) is 0.412. The van der Waals surface area contributed by atoms with Crippen LogP contribution in [0.4, 0.5) is 4.79 Å². The van der Waals surface area contributed by atoms with Crippen molar-refractivity contribution in [1.82, 2.24) is 10.6 Å². The molecule has 0 radical (unpaired) electrons. The molecule has 0 aliphatic heterocycles. The minimum absolute atomic E-state index is 0.00393. The summed E-state index contributed by atoms with van der Waals surface area (Å²) in [4.78, 5) is 35.3. The van der Waals surface area contributed by atoms with Gasteiger partial charge in [0, 0.05) is 5.92 Å². The van der Waals surface area contributed by atoms with Gasteiger partial charge in [0.25, 0.3) is 0 Å². The Labute approximate surface area is 151 Å². The molecule has 0 aromatic heterocycles. The second kappa shape index (κ2) is 10.7. The molecular weight excluding hydrogens is 340 g/mol. The average molecular weight is 362 g/mol. The molecule has 3 amide bonds. The Kier molecular flexibility index (Phi) is 8.60. The highest BCUT2D eigenvalue weighted by molar-refractivity contribution is 5.90. The molecule has 0 heterocycles. The van der Waals surface area contributed by atoms with Gasteiger partial charge in [-0.2, -0.15) is 5.26 Å². The lowest BCUT2D eigenvalue weighted by Crippen LogP contribution is -2.54. The van der Waals surface area contributed by atoms with Crippen LogP contribution in [0.2, 0.25) is 0 Å². The van der Waals surface area contributed by atoms with Crippen LogP contribution in [0.3, 0.4) is 0 Å². The normalized spacial score (nSPS) is 13.6. The van der Waals surface area contributed by atoms with E-state index in [-0.39, 0.29) is 13.0 Å². The first-order valence-electron chi connectivity index (χ1n) is 7.94. The summed E-state index contributed by atoms with van der Waals surface area (Å²) in [7, 11) is 0. The first-order valence-corrected chi connectivity index (χ1v) is 7.94. The quantitative estimate of drug-likeness (QED) is 0.476. The number of rotatable bonds is 9. The van der Waals surface area contributed by atoms with Crippen LogP contribution in [0.25, 0.3) is 0 Å². The van der Waals surface area contributed by atoms with Crippen molar-refractivity contribution in [2.45, 2.75) is 32.0 Å². The summed E-state index contributed by atoms with van der Waals surface area (Å²) < 4.78 is 4.97. The van der Waals surface area contributed by atoms with Crippen LogP contribution in [0.1, 0.15) is 18.9 Å². The summed E-state index contributed by atoms with van der Waals surface area (Å²) in [5.74, 6) is -2.13. The van der Waals surface area contributed by atoms with Gasteiger partial charge in [-0.05, 0) is 18.9 Å². The molecule has 140 valence electrons. The molecule has 0 aliphatic rings. The first kappa shape index (κ1) is 20.9. The summed E-state index contributed by atoms with van der Waals surface area (Å²) in [5, 5.41) is 22.6. The van der Waals surface area contributed by atoms with E-state index >= 15 is 0 Å². The van der Waals surface area contributed by atoms with Crippen LogP contribution in [0.5, 0.6) is 0 Å². The Morgan fingerprint density at radius 3 is 2.42 bits per heavy atom. The van der Waals surface area contributed by atoms with Crippen molar-refractivity contribution in [3.05, 3.63) is 35.9 Å². The number of nitrogens with one attached hydrogen (secondary N) is 2. The van der Waals surface area contributed by atoms with Crippen molar-refractivity contribution in [2.24, 2.45) is 11.7 Å². The fourth-order valence-corrected chi connectivity index (χ4v) is 2.03. The molecule has 5 N–H and O–H groups in total.